The smallest absolute Gasteiger partial charge is 0.308 e. The van der Waals surface area contributed by atoms with Gasteiger partial charge in [0.25, 0.3) is 0 Å². The molecule has 2 unspecified atom stereocenters. The predicted molar refractivity (Wildman–Crippen MR) is 76.0 cm³/mol. The third-order valence-corrected chi connectivity index (χ3v) is 5.82. The highest BCUT2D eigenvalue weighted by Gasteiger charge is 2.39. The summed E-state index contributed by atoms with van der Waals surface area (Å²) in [5, 5.41) is 9.11. The minimum absolute atomic E-state index is 0.0289. The zero-order valence-corrected chi connectivity index (χ0v) is 13.2. The quantitative estimate of drug-likeness (QED) is 0.780. The minimum Gasteiger partial charge on any atom is -0.481 e. The van der Waals surface area contributed by atoms with Crippen molar-refractivity contribution in [2.24, 2.45) is 17.8 Å². The van der Waals surface area contributed by atoms with Gasteiger partial charge in [-0.25, -0.2) is 12.7 Å². The maximum absolute atomic E-state index is 12.4. The number of piperidine rings is 1. The number of carbonyl (C=O) groups excluding carboxylic acids is 1. The van der Waals surface area contributed by atoms with Gasteiger partial charge >= 0.3 is 5.97 Å². The molecule has 0 aliphatic carbocycles. The van der Waals surface area contributed by atoms with E-state index in [0.717, 1.165) is 0 Å². The van der Waals surface area contributed by atoms with E-state index in [1.807, 2.05) is 6.92 Å². The van der Waals surface area contributed by atoms with Gasteiger partial charge in [-0.2, -0.15) is 0 Å². The number of carboxylic acids is 1. The Bertz CT molecular complexity index is 525. The van der Waals surface area contributed by atoms with Crippen LogP contribution in [0.2, 0.25) is 0 Å². The Labute approximate surface area is 125 Å². The summed E-state index contributed by atoms with van der Waals surface area (Å²) in [6, 6.07) is 0. The number of amides is 1. The summed E-state index contributed by atoms with van der Waals surface area (Å²) in [6.07, 6.45) is 2.19. The molecule has 0 radical (unpaired) electrons. The summed E-state index contributed by atoms with van der Waals surface area (Å²) in [7, 11) is -3.19. The summed E-state index contributed by atoms with van der Waals surface area (Å²) in [4.78, 5) is 25.2. The molecule has 0 saturated carbocycles. The minimum atomic E-state index is -3.19. The van der Waals surface area contributed by atoms with Crippen LogP contribution < -0.4 is 0 Å². The van der Waals surface area contributed by atoms with Crippen molar-refractivity contribution >= 4 is 21.9 Å². The lowest BCUT2D eigenvalue weighted by Gasteiger charge is -2.31. The first-order chi connectivity index (χ1) is 9.70. The van der Waals surface area contributed by atoms with Gasteiger partial charge in [0.05, 0.1) is 12.2 Å². The van der Waals surface area contributed by atoms with Crippen LogP contribution in [0.1, 0.15) is 19.8 Å². The van der Waals surface area contributed by atoms with Crippen molar-refractivity contribution in [3.63, 3.8) is 0 Å². The van der Waals surface area contributed by atoms with Crippen molar-refractivity contribution in [3.8, 4) is 0 Å². The van der Waals surface area contributed by atoms with Gasteiger partial charge in [0, 0.05) is 32.1 Å². The average Bonchev–Trinajstić information content (AvgIpc) is 2.79. The van der Waals surface area contributed by atoms with E-state index in [2.05, 4.69) is 0 Å². The largest absolute Gasteiger partial charge is 0.481 e. The summed E-state index contributed by atoms with van der Waals surface area (Å²) in [5.74, 6) is -1.61. The molecule has 2 fully saturated rings. The molecule has 8 heteroatoms. The Balaban J connectivity index is 1.93. The molecule has 21 heavy (non-hydrogen) atoms. The highest BCUT2D eigenvalue weighted by molar-refractivity contribution is 7.88. The zero-order valence-electron chi connectivity index (χ0n) is 12.4. The van der Waals surface area contributed by atoms with E-state index in [1.54, 1.807) is 4.90 Å². The number of sulfonamides is 1. The molecule has 1 N–H and O–H groups in total. The third kappa shape index (κ3) is 3.55. The second kappa shape index (κ2) is 5.92. The lowest BCUT2D eigenvalue weighted by atomic mass is 9.96. The SMILES string of the molecule is CC1CN(C(=O)C2CCN(S(C)(=O)=O)CC2)CC1C(=O)O. The van der Waals surface area contributed by atoms with Gasteiger partial charge in [0.2, 0.25) is 15.9 Å². The topological polar surface area (TPSA) is 95.0 Å². The fourth-order valence-electron chi connectivity index (χ4n) is 3.16. The first-order valence-corrected chi connectivity index (χ1v) is 9.01. The fourth-order valence-corrected chi connectivity index (χ4v) is 4.03. The molecule has 1 amide bonds. The lowest BCUT2D eigenvalue weighted by Crippen LogP contribution is -2.43. The fraction of sp³-hybridized carbons (Fsp3) is 0.846. The average molecular weight is 318 g/mol. The van der Waals surface area contributed by atoms with Gasteiger partial charge < -0.3 is 10.0 Å². The van der Waals surface area contributed by atoms with Crippen LogP contribution in [0.5, 0.6) is 0 Å². The number of hydrogen-bond donors (Lipinski definition) is 1. The summed E-state index contributed by atoms with van der Waals surface area (Å²) in [6.45, 7) is 3.31. The predicted octanol–water partition coefficient (Wildman–Crippen LogP) is -0.163. The number of likely N-dealkylation sites (tertiary alicyclic amines) is 1. The van der Waals surface area contributed by atoms with Crippen LogP contribution in [0, 0.1) is 17.8 Å². The molecule has 0 bridgehead atoms. The number of rotatable bonds is 3. The van der Waals surface area contributed by atoms with Crippen molar-refractivity contribution in [1.82, 2.24) is 9.21 Å². The van der Waals surface area contributed by atoms with Crippen LogP contribution in [0.4, 0.5) is 0 Å². The molecule has 2 aliphatic rings. The molecule has 2 aliphatic heterocycles. The second-order valence-electron chi connectivity index (χ2n) is 6.10. The number of nitrogens with zero attached hydrogens (tertiary/aromatic N) is 2. The van der Waals surface area contributed by atoms with Crippen molar-refractivity contribution in [2.75, 3.05) is 32.4 Å². The van der Waals surface area contributed by atoms with Crippen LogP contribution in [-0.2, 0) is 19.6 Å². The van der Waals surface area contributed by atoms with E-state index in [0.29, 0.717) is 32.5 Å². The number of hydrogen-bond acceptors (Lipinski definition) is 4. The van der Waals surface area contributed by atoms with E-state index in [4.69, 9.17) is 5.11 Å². The van der Waals surface area contributed by atoms with E-state index in [1.165, 1.54) is 10.6 Å². The van der Waals surface area contributed by atoms with Crippen LogP contribution in [0.25, 0.3) is 0 Å². The lowest BCUT2D eigenvalue weighted by molar-refractivity contribution is -0.142. The van der Waals surface area contributed by atoms with Gasteiger partial charge in [0.15, 0.2) is 0 Å². The molecule has 0 aromatic carbocycles. The van der Waals surface area contributed by atoms with E-state index in [9.17, 15) is 18.0 Å². The Kier molecular flexibility index (Phi) is 4.57. The van der Waals surface area contributed by atoms with Gasteiger partial charge in [-0.3, -0.25) is 9.59 Å². The van der Waals surface area contributed by atoms with E-state index in [-0.39, 0.29) is 24.3 Å². The van der Waals surface area contributed by atoms with Crippen molar-refractivity contribution in [2.45, 2.75) is 19.8 Å². The standard InChI is InChI=1S/C13H22N2O5S/c1-9-7-14(8-11(9)13(17)18)12(16)10-3-5-15(6-4-10)21(2,19)20/h9-11H,3-8H2,1-2H3,(H,17,18). The molecule has 2 rings (SSSR count). The summed E-state index contributed by atoms with van der Waals surface area (Å²) >= 11 is 0. The molecule has 7 nitrogen and oxygen atoms in total. The van der Waals surface area contributed by atoms with Gasteiger partial charge in [-0.1, -0.05) is 6.92 Å². The van der Waals surface area contributed by atoms with Crippen LogP contribution in [0.3, 0.4) is 0 Å². The van der Waals surface area contributed by atoms with Crippen molar-refractivity contribution in [1.29, 1.82) is 0 Å². The first-order valence-electron chi connectivity index (χ1n) is 7.17. The summed E-state index contributed by atoms with van der Waals surface area (Å²) < 4.78 is 24.3. The monoisotopic (exact) mass is 318 g/mol. The van der Waals surface area contributed by atoms with Gasteiger partial charge in [-0.05, 0) is 18.8 Å². The van der Waals surface area contributed by atoms with Gasteiger partial charge in [-0.15, -0.1) is 0 Å². The van der Waals surface area contributed by atoms with E-state index < -0.39 is 21.9 Å². The maximum atomic E-state index is 12.4. The molecule has 0 aromatic rings. The molecular weight excluding hydrogens is 296 g/mol. The highest BCUT2D eigenvalue weighted by Crippen LogP contribution is 2.28. The molecule has 0 aromatic heterocycles. The zero-order chi connectivity index (χ0) is 15.8. The molecule has 2 atom stereocenters. The van der Waals surface area contributed by atoms with Crippen LogP contribution >= 0.6 is 0 Å². The Morgan fingerprint density at radius 3 is 2.14 bits per heavy atom. The second-order valence-corrected chi connectivity index (χ2v) is 8.08. The van der Waals surface area contributed by atoms with Crippen LogP contribution in [-0.4, -0.2) is 67.0 Å². The maximum Gasteiger partial charge on any atom is 0.308 e. The molecule has 120 valence electrons. The number of carbonyl (C=O) groups is 2. The van der Waals surface area contributed by atoms with Crippen molar-refractivity contribution in [3.05, 3.63) is 0 Å². The van der Waals surface area contributed by atoms with E-state index >= 15 is 0 Å². The first kappa shape index (κ1) is 16.2. The van der Waals surface area contributed by atoms with Crippen LogP contribution in [0.15, 0.2) is 0 Å². The normalized spacial score (nSPS) is 28.8. The third-order valence-electron chi connectivity index (χ3n) is 4.51. The van der Waals surface area contributed by atoms with Crippen molar-refractivity contribution < 1.29 is 23.1 Å². The molecular formula is C13H22N2O5S. The Hall–Kier alpha value is -1.15. The summed E-state index contributed by atoms with van der Waals surface area (Å²) in [5.41, 5.74) is 0. The Morgan fingerprint density at radius 2 is 1.71 bits per heavy atom. The molecule has 0 spiro atoms. The number of carboxylic acid groups (broad SMARTS) is 1. The highest BCUT2D eigenvalue weighted by atomic mass is 32.2. The number of aliphatic carboxylic acids is 1. The van der Waals surface area contributed by atoms with Gasteiger partial charge in [0.1, 0.15) is 0 Å². The molecule has 2 heterocycles. The Morgan fingerprint density at radius 1 is 1.14 bits per heavy atom. The molecule has 2 saturated heterocycles.